The highest BCUT2D eigenvalue weighted by Gasteiger charge is 2.25. The van der Waals surface area contributed by atoms with Gasteiger partial charge in [0, 0.05) is 13.1 Å². The second-order valence-corrected chi connectivity index (χ2v) is 5.28. The van der Waals surface area contributed by atoms with E-state index in [0.717, 1.165) is 17.5 Å². The zero-order valence-electron chi connectivity index (χ0n) is 12.0. The molecule has 2 aromatic rings. The molecule has 110 valence electrons. The molecule has 0 radical (unpaired) electrons. The average molecular weight is 286 g/mol. The van der Waals surface area contributed by atoms with Gasteiger partial charge in [-0.2, -0.15) is 0 Å². The number of rotatable bonds is 2. The summed E-state index contributed by atoms with van der Waals surface area (Å²) in [6.45, 7) is 3.22. The minimum atomic E-state index is -0.372. The van der Waals surface area contributed by atoms with Crippen molar-refractivity contribution in [3.05, 3.63) is 30.6 Å². The van der Waals surface area contributed by atoms with Gasteiger partial charge >= 0.3 is 0 Å². The standard InChI is InChI=1S/C15H18N4O2/c1-11(15(21)18-8-4-7-16-14(20)9-18)19-10-17-12-5-2-3-6-13(12)19/h2-3,5-6,10-11H,4,7-9H2,1H3,(H,16,20). The minimum Gasteiger partial charge on any atom is -0.354 e. The summed E-state index contributed by atoms with van der Waals surface area (Å²) in [6, 6.07) is 7.34. The SMILES string of the molecule is CC(C(=O)N1CCCNC(=O)C1)n1cnc2ccccc21. The van der Waals surface area contributed by atoms with E-state index in [-0.39, 0.29) is 24.4 Å². The van der Waals surface area contributed by atoms with Gasteiger partial charge in [0.15, 0.2) is 0 Å². The lowest BCUT2D eigenvalue weighted by atomic mass is 10.2. The van der Waals surface area contributed by atoms with Gasteiger partial charge in [-0.25, -0.2) is 4.98 Å². The number of hydrogen-bond acceptors (Lipinski definition) is 3. The van der Waals surface area contributed by atoms with Crippen molar-refractivity contribution in [1.82, 2.24) is 19.8 Å². The lowest BCUT2D eigenvalue weighted by molar-refractivity contribution is -0.137. The number of carbonyl (C=O) groups is 2. The number of fused-ring (bicyclic) bond motifs is 1. The van der Waals surface area contributed by atoms with Crippen molar-refractivity contribution >= 4 is 22.8 Å². The maximum absolute atomic E-state index is 12.6. The molecule has 0 aliphatic carbocycles. The van der Waals surface area contributed by atoms with Crippen LogP contribution < -0.4 is 5.32 Å². The molecule has 6 nitrogen and oxygen atoms in total. The normalized spacial score (nSPS) is 17.4. The summed E-state index contributed by atoms with van der Waals surface area (Å²) in [4.78, 5) is 30.2. The predicted octanol–water partition coefficient (Wildman–Crippen LogP) is 0.946. The fourth-order valence-electron chi connectivity index (χ4n) is 2.66. The van der Waals surface area contributed by atoms with E-state index in [4.69, 9.17) is 0 Å². The Labute approximate surface area is 122 Å². The van der Waals surface area contributed by atoms with Crippen LogP contribution in [0.3, 0.4) is 0 Å². The number of hydrogen-bond donors (Lipinski definition) is 1. The van der Waals surface area contributed by atoms with Crippen LogP contribution in [-0.2, 0) is 9.59 Å². The number of benzene rings is 1. The summed E-state index contributed by atoms with van der Waals surface area (Å²) < 4.78 is 1.86. The van der Waals surface area contributed by atoms with Crippen molar-refractivity contribution in [2.45, 2.75) is 19.4 Å². The molecular weight excluding hydrogens is 268 g/mol. The van der Waals surface area contributed by atoms with E-state index in [0.29, 0.717) is 13.1 Å². The molecule has 0 bridgehead atoms. The van der Waals surface area contributed by atoms with E-state index in [1.54, 1.807) is 11.2 Å². The lowest BCUT2D eigenvalue weighted by Gasteiger charge is -2.24. The maximum Gasteiger partial charge on any atom is 0.245 e. The number of nitrogens with zero attached hydrogens (tertiary/aromatic N) is 3. The third-order valence-electron chi connectivity index (χ3n) is 3.83. The molecule has 1 fully saturated rings. The summed E-state index contributed by atoms with van der Waals surface area (Å²) in [7, 11) is 0. The van der Waals surface area contributed by atoms with Gasteiger partial charge in [-0.3, -0.25) is 9.59 Å². The summed E-state index contributed by atoms with van der Waals surface area (Å²) >= 11 is 0. The molecule has 1 aliphatic heterocycles. The summed E-state index contributed by atoms with van der Waals surface area (Å²) in [5.41, 5.74) is 1.79. The first-order chi connectivity index (χ1) is 10.2. The van der Waals surface area contributed by atoms with Crippen molar-refractivity contribution in [3.8, 4) is 0 Å². The van der Waals surface area contributed by atoms with Gasteiger partial charge in [-0.05, 0) is 25.5 Å². The highest BCUT2D eigenvalue weighted by atomic mass is 16.2. The third-order valence-corrected chi connectivity index (χ3v) is 3.83. The van der Waals surface area contributed by atoms with Crippen LogP contribution in [-0.4, -0.2) is 45.9 Å². The van der Waals surface area contributed by atoms with Crippen molar-refractivity contribution < 1.29 is 9.59 Å². The molecule has 3 rings (SSSR count). The van der Waals surface area contributed by atoms with Gasteiger partial charge < -0.3 is 14.8 Å². The van der Waals surface area contributed by atoms with E-state index in [1.165, 1.54) is 0 Å². The quantitative estimate of drug-likeness (QED) is 0.893. The highest BCUT2D eigenvalue weighted by Crippen LogP contribution is 2.19. The zero-order valence-corrected chi connectivity index (χ0v) is 12.0. The molecule has 0 saturated carbocycles. The first-order valence-electron chi connectivity index (χ1n) is 7.14. The Bertz CT molecular complexity index is 679. The molecule has 0 spiro atoms. The molecule has 2 heterocycles. The van der Waals surface area contributed by atoms with Gasteiger partial charge in [-0.1, -0.05) is 12.1 Å². The molecule has 2 amide bonds. The molecule has 1 aromatic heterocycles. The number of carbonyl (C=O) groups excluding carboxylic acids is 2. The van der Waals surface area contributed by atoms with Gasteiger partial charge in [0.05, 0.1) is 23.9 Å². The van der Waals surface area contributed by atoms with Crippen molar-refractivity contribution in [3.63, 3.8) is 0 Å². The Morgan fingerprint density at radius 2 is 2.19 bits per heavy atom. The van der Waals surface area contributed by atoms with Crippen LogP contribution in [0.2, 0.25) is 0 Å². The van der Waals surface area contributed by atoms with Gasteiger partial charge in [0.1, 0.15) is 6.04 Å². The van der Waals surface area contributed by atoms with Crippen LogP contribution in [0.1, 0.15) is 19.4 Å². The fourth-order valence-corrected chi connectivity index (χ4v) is 2.66. The Balaban J connectivity index is 1.85. The Kier molecular flexibility index (Phi) is 3.60. The number of aromatic nitrogens is 2. The fraction of sp³-hybridized carbons (Fsp3) is 0.400. The number of imidazole rings is 1. The van der Waals surface area contributed by atoms with Crippen molar-refractivity contribution in [2.24, 2.45) is 0 Å². The molecule has 1 aliphatic rings. The Hall–Kier alpha value is -2.37. The van der Waals surface area contributed by atoms with Crippen LogP contribution in [0.25, 0.3) is 11.0 Å². The van der Waals surface area contributed by atoms with Crippen molar-refractivity contribution in [1.29, 1.82) is 0 Å². The number of para-hydroxylation sites is 2. The summed E-state index contributed by atoms with van der Waals surface area (Å²) in [5, 5.41) is 2.78. The maximum atomic E-state index is 12.6. The van der Waals surface area contributed by atoms with E-state index in [9.17, 15) is 9.59 Å². The van der Waals surface area contributed by atoms with Crippen LogP contribution in [0.15, 0.2) is 30.6 Å². The number of nitrogens with one attached hydrogen (secondary N) is 1. The monoisotopic (exact) mass is 286 g/mol. The van der Waals surface area contributed by atoms with Crippen molar-refractivity contribution in [2.75, 3.05) is 19.6 Å². The van der Waals surface area contributed by atoms with Gasteiger partial charge in [0.2, 0.25) is 11.8 Å². The van der Waals surface area contributed by atoms with Crippen LogP contribution in [0, 0.1) is 0 Å². The lowest BCUT2D eigenvalue weighted by Crippen LogP contribution is -2.40. The predicted molar refractivity (Wildman–Crippen MR) is 78.7 cm³/mol. The van der Waals surface area contributed by atoms with E-state index in [2.05, 4.69) is 10.3 Å². The molecule has 1 atom stereocenters. The smallest absolute Gasteiger partial charge is 0.245 e. The first kappa shape index (κ1) is 13.6. The molecule has 1 N–H and O–H groups in total. The Morgan fingerprint density at radius 1 is 1.38 bits per heavy atom. The first-order valence-corrected chi connectivity index (χ1v) is 7.14. The molecular formula is C15H18N4O2. The molecule has 1 aromatic carbocycles. The molecule has 6 heteroatoms. The van der Waals surface area contributed by atoms with Crippen LogP contribution in [0.5, 0.6) is 0 Å². The number of amides is 2. The zero-order chi connectivity index (χ0) is 14.8. The van der Waals surface area contributed by atoms with Gasteiger partial charge in [-0.15, -0.1) is 0 Å². The molecule has 21 heavy (non-hydrogen) atoms. The van der Waals surface area contributed by atoms with Gasteiger partial charge in [0.25, 0.3) is 0 Å². The Morgan fingerprint density at radius 3 is 3.05 bits per heavy atom. The average Bonchev–Trinajstić information content (AvgIpc) is 2.81. The molecule has 1 unspecified atom stereocenters. The minimum absolute atomic E-state index is 0.0461. The summed E-state index contributed by atoms with van der Waals surface area (Å²) in [6.07, 6.45) is 2.47. The highest BCUT2D eigenvalue weighted by molar-refractivity contribution is 5.88. The third kappa shape index (κ3) is 2.61. The van der Waals surface area contributed by atoms with E-state index in [1.807, 2.05) is 35.8 Å². The van der Waals surface area contributed by atoms with Crippen LogP contribution >= 0.6 is 0 Å². The largest absolute Gasteiger partial charge is 0.354 e. The topological polar surface area (TPSA) is 67.2 Å². The second-order valence-electron chi connectivity index (χ2n) is 5.28. The molecule has 1 saturated heterocycles. The van der Waals surface area contributed by atoms with E-state index >= 15 is 0 Å². The summed E-state index contributed by atoms with van der Waals surface area (Å²) in [5.74, 6) is -0.140. The van der Waals surface area contributed by atoms with E-state index < -0.39 is 0 Å². The van der Waals surface area contributed by atoms with Crippen LogP contribution in [0.4, 0.5) is 0 Å². The second kappa shape index (κ2) is 5.55.